The molecule has 1 N–H and O–H groups in total. The van der Waals surface area contributed by atoms with Gasteiger partial charge in [0.15, 0.2) is 0 Å². The minimum Gasteiger partial charge on any atom is -0.349 e. The lowest BCUT2D eigenvalue weighted by molar-refractivity contribution is -0.126. The van der Waals surface area contributed by atoms with Crippen molar-refractivity contribution in [3.05, 3.63) is 95.3 Å². The van der Waals surface area contributed by atoms with E-state index in [2.05, 4.69) is 10.3 Å². The van der Waals surface area contributed by atoms with Crippen molar-refractivity contribution in [2.45, 2.75) is 30.2 Å². The third kappa shape index (κ3) is 5.79. The van der Waals surface area contributed by atoms with Crippen molar-refractivity contribution >= 4 is 27.5 Å². The predicted octanol–water partition coefficient (Wildman–Crippen LogP) is 4.24. The number of hydrogen-bond donors (Lipinski definition) is 1. The van der Waals surface area contributed by atoms with E-state index in [9.17, 15) is 13.2 Å². The average Bonchev–Trinajstić information content (AvgIpc) is 2.86. The summed E-state index contributed by atoms with van der Waals surface area (Å²) >= 11 is 6.01. The SMILES string of the molecule is O=C(NC(Cc1ccc(Cl)cc1)c1ccccc1)C1CCN(S(=O)(=O)c2cccnc2)CC1. The van der Waals surface area contributed by atoms with E-state index in [1.807, 2.05) is 54.6 Å². The molecule has 0 radical (unpaired) electrons. The number of amides is 1. The van der Waals surface area contributed by atoms with Crippen LogP contribution in [0.3, 0.4) is 0 Å². The third-order valence-electron chi connectivity index (χ3n) is 5.97. The molecule has 1 atom stereocenters. The van der Waals surface area contributed by atoms with Crippen molar-refractivity contribution in [2.75, 3.05) is 13.1 Å². The van der Waals surface area contributed by atoms with Crippen LogP contribution in [0.5, 0.6) is 0 Å². The Morgan fingerprint density at radius 3 is 2.36 bits per heavy atom. The van der Waals surface area contributed by atoms with Crippen LogP contribution in [0, 0.1) is 5.92 Å². The van der Waals surface area contributed by atoms with Crippen molar-refractivity contribution in [3.63, 3.8) is 0 Å². The number of pyridine rings is 1. The first-order chi connectivity index (χ1) is 15.9. The van der Waals surface area contributed by atoms with Gasteiger partial charge >= 0.3 is 0 Å². The molecule has 0 spiro atoms. The summed E-state index contributed by atoms with van der Waals surface area (Å²) in [6, 6.07) is 20.5. The number of piperidine rings is 1. The number of carbonyl (C=O) groups is 1. The summed E-state index contributed by atoms with van der Waals surface area (Å²) < 4.78 is 27.1. The minimum absolute atomic E-state index is 0.0451. The van der Waals surface area contributed by atoms with Crippen LogP contribution in [-0.2, 0) is 21.2 Å². The highest BCUT2D eigenvalue weighted by atomic mass is 35.5. The first-order valence-electron chi connectivity index (χ1n) is 10.9. The van der Waals surface area contributed by atoms with E-state index in [4.69, 9.17) is 11.6 Å². The van der Waals surface area contributed by atoms with Crippen molar-refractivity contribution in [2.24, 2.45) is 5.92 Å². The maximum Gasteiger partial charge on any atom is 0.244 e. The molecule has 1 amide bonds. The molecule has 1 fully saturated rings. The second-order valence-electron chi connectivity index (χ2n) is 8.17. The highest BCUT2D eigenvalue weighted by Gasteiger charge is 2.33. The van der Waals surface area contributed by atoms with Crippen LogP contribution >= 0.6 is 11.6 Å². The summed E-state index contributed by atoms with van der Waals surface area (Å²) in [6.07, 6.45) is 4.50. The summed E-state index contributed by atoms with van der Waals surface area (Å²) in [5.74, 6) is -0.280. The Hall–Kier alpha value is -2.74. The lowest BCUT2D eigenvalue weighted by atomic mass is 9.94. The van der Waals surface area contributed by atoms with E-state index in [1.165, 1.54) is 10.5 Å². The Bertz CT molecular complexity index is 1160. The molecule has 0 aliphatic carbocycles. The molecule has 1 saturated heterocycles. The van der Waals surface area contributed by atoms with Crippen molar-refractivity contribution in [1.82, 2.24) is 14.6 Å². The lowest BCUT2D eigenvalue weighted by Gasteiger charge is -2.31. The number of nitrogens with zero attached hydrogens (tertiary/aromatic N) is 2. The topological polar surface area (TPSA) is 79.4 Å². The first kappa shape index (κ1) is 23.4. The molecule has 0 saturated carbocycles. The average molecular weight is 484 g/mol. The van der Waals surface area contributed by atoms with Crippen LogP contribution in [0.15, 0.2) is 84.0 Å². The van der Waals surface area contributed by atoms with Gasteiger partial charge in [-0.1, -0.05) is 54.1 Å². The molecule has 1 aliphatic heterocycles. The molecule has 1 aromatic heterocycles. The van der Waals surface area contributed by atoms with Crippen LogP contribution in [0.2, 0.25) is 5.02 Å². The molecule has 6 nitrogen and oxygen atoms in total. The van der Waals surface area contributed by atoms with E-state index in [1.54, 1.807) is 18.3 Å². The van der Waals surface area contributed by atoms with Crippen LogP contribution in [0.1, 0.15) is 30.0 Å². The van der Waals surface area contributed by atoms with E-state index < -0.39 is 10.0 Å². The molecule has 2 aromatic carbocycles. The van der Waals surface area contributed by atoms with Crippen molar-refractivity contribution < 1.29 is 13.2 Å². The molecule has 1 aliphatic rings. The minimum atomic E-state index is -3.59. The fraction of sp³-hybridized carbons (Fsp3) is 0.280. The van der Waals surface area contributed by atoms with Gasteiger partial charge in [-0.15, -0.1) is 0 Å². The number of hydrogen-bond acceptors (Lipinski definition) is 4. The molecular weight excluding hydrogens is 458 g/mol. The normalized spacial score (nSPS) is 16.3. The highest BCUT2D eigenvalue weighted by Crippen LogP contribution is 2.26. The van der Waals surface area contributed by atoms with Gasteiger partial charge in [0.05, 0.1) is 6.04 Å². The molecule has 1 unspecified atom stereocenters. The number of carbonyl (C=O) groups excluding carboxylic acids is 1. The van der Waals surface area contributed by atoms with Crippen LogP contribution in [0.4, 0.5) is 0 Å². The monoisotopic (exact) mass is 483 g/mol. The first-order valence-corrected chi connectivity index (χ1v) is 12.8. The van der Waals surface area contributed by atoms with Gasteiger partial charge in [0.2, 0.25) is 15.9 Å². The molecule has 8 heteroatoms. The number of aromatic nitrogens is 1. The standard InChI is InChI=1S/C25H26ClN3O3S/c26-22-10-8-19(9-11-22)17-24(20-5-2-1-3-6-20)28-25(30)21-12-15-29(16-13-21)33(31,32)23-7-4-14-27-18-23/h1-11,14,18,21,24H,12-13,15-17H2,(H,28,30). The fourth-order valence-electron chi connectivity index (χ4n) is 4.09. The van der Waals surface area contributed by atoms with Gasteiger partial charge in [0.25, 0.3) is 0 Å². The van der Waals surface area contributed by atoms with E-state index in [-0.39, 0.29) is 22.8 Å². The Labute approximate surface area is 199 Å². The molecular formula is C25H26ClN3O3S. The van der Waals surface area contributed by atoms with Gasteiger partial charge in [0.1, 0.15) is 4.90 Å². The van der Waals surface area contributed by atoms with E-state index in [0.717, 1.165) is 11.1 Å². The zero-order chi connectivity index (χ0) is 23.3. The van der Waals surface area contributed by atoms with Gasteiger partial charge in [-0.25, -0.2) is 8.42 Å². The predicted molar refractivity (Wildman–Crippen MR) is 128 cm³/mol. The summed E-state index contributed by atoms with van der Waals surface area (Å²) in [6.45, 7) is 0.616. The summed E-state index contributed by atoms with van der Waals surface area (Å²) in [7, 11) is -3.59. The smallest absolute Gasteiger partial charge is 0.244 e. The quantitative estimate of drug-likeness (QED) is 0.545. The number of sulfonamides is 1. The van der Waals surface area contributed by atoms with Gasteiger partial charge in [-0.2, -0.15) is 4.31 Å². The third-order valence-corrected chi connectivity index (χ3v) is 8.10. The molecule has 33 heavy (non-hydrogen) atoms. The fourth-order valence-corrected chi connectivity index (χ4v) is 5.65. The number of halogens is 1. The van der Waals surface area contributed by atoms with Crippen LogP contribution in [0.25, 0.3) is 0 Å². The molecule has 3 aromatic rings. The zero-order valence-electron chi connectivity index (χ0n) is 18.1. The second-order valence-corrected chi connectivity index (χ2v) is 10.5. The molecule has 2 heterocycles. The van der Waals surface area contributed by atoms with Crippen molar-refractivity contribution in [3.8, 4) is 0 Å². The highest BCUT2D eigenvalue weighted by molar-refractivity contribution is 7.89. The van der Waals surface area contributed by atoms with Gasteiger partial charge < -0.3 is 5.32 Å². The lowest BCUT2D eigenvalue weighted by Crippen LogP contribution is -2.44. The Balaban J connectivity index is 1.42. The summed E-state index contributed by atoms with van der Waals surface area (Å²) in [4.78, 5) is 17.2. The van der Waals surface area contributed by atoms with E-state index in [0.29, 0.717) is 37.4 Å². The zero-order valence-corrected chi connectivity index (χ0v) is 19.7. The summed E-state index contributed by atoms with van der Waals surface area (Å²) in [5.41, 5.74) is 2.10. The number of nitrogens with one attached hydrogen (secondary N) is 1. The molecule has 0 bridgehead atoms. The van der Waals surface area contributed by atoms with Crippen molar-refractivity contribution in [1.29, 1.82) is 0 Å². The molecule has 4 rings (SSSR count). The van der Waals surface area contributed by atoms with E-state index >= 15 is 0 Å². The summed E-state index contributed by atoms with van der Waals surface area (Å²) in [5, 5.41) is 3.87. The Kier molecular flexibility index (Phi) is 7.42. The van der Waals surface area contributed by atoms with Crippen LogP contribution < -0.4 is 5.32 Å². The maximum atomic E-state index is 13.1. The Morgan fingerprint density at radius 2 is 1.73 bits per heavy atom. The Morgan fingerprint density at radius 1 is 1.03 bits per heavy atom. The van der Waals surface area contributed by atoms with Gasteiger partial charge in [0, 0.05) is 36.4 Å². The van der Waals surface area contributed by atoms with Gasteiger partial charge in [-0.3, -0.25) is 9.78 Å². The largest absolute Gasteiger partial charge is 0.349 e. The number of benzene rings is 2. The second kappa shape index (κ2) is 10.5. The van der Waals surface area contributed by atoms with Gasteiger partial charge in [-0.05, 0) is 54.7 Å². The maximum absolute atomic E-state index is 13.1. The van der Waals surface area contributed by atoms with Crippen LogP contribution in [-0.4, -0.2) is 36.7 Å². The molecule has 172 valence electrons. The number of rotatable bonds is 7.